The topological polar surface area (TPSA) is 49.3 Å². The van der Waals surface area contributed by atoms with Gasteiger partial charge in [0.2, 0.25) is 5.91 Å². The zero-order valence-electron chi connectivity index (χ0n) is 13.4. The molecule has 0 unspecified atom stereocenters. The molecule has 0 fully saturated rings. The molecule has 0 aliphatic heterocycles. The average Bonchev–Trinajstić information content (AvgIpc) is 3.32. The van der Waals surface area contributed by atoms with Crippen molar-refractivity contribution in [3.05, 3.63) is 79.6 Å². The summed E-state index contributed by atoms with van der Waals surface area (Å²) in [6, 6.07) is 13.2. The van der Waals surface area contributed by atoms with Gasteiger partial charge in [0.25, 0.3) is 0 Å². The maximum absolute atomic E-state index is 12.2. The van der Waals surface area contributed by atoms with Crippen molar-refractivity contribution in [2.75, 3.05) is 6.54 Å². The Hall–Kier alpha value is -1.66. The normalized spacial score (nSPS) is 13.4. The predicted molar refractivity (Wildman–Crippen MR) is 104 cm³/mol. The van der Waals surface area contributed by atoms with Gasteiger partial charge in [0.05, 0.1) is 6.54 Å². The van der Waals surface area contributed by atoms with E-state index in [1.807, 2.05) is 58.6 Å². The molecular weight excluding hydrogens is 374 g/mol. The minimum Gasteiger partial charge on any atom is -0.378 e. The largest absolute Gasteiger partial charge is 0.378 e. The van der Waals surface area contributed by atoms with Crippen molar-refractivity contribution in [2.45, 2.75) is 18.4 Å². The van der Waals surface area contributed by atoms with Crippen molar-refractivity contribution in [1.29, 1.82) is 0 Å². The van der Waals surface area contributed by atoms with Crippen LogP contribution in [0.3, 0.4) is 0 Å². The number of amides is 1. The summed E-state index contributed by atoms with van der Waals surface area (Å²) in [5.41, 5.74) is 0.629. The van der Waals surface area contributed by atoms with Crippen LogP contribution >= 0.6 is 34.3 Å². The van der Waals surface area contributed by atoms with Gasteiger partial charge in [-0.3, -0.25) is 4.79 Å². The Balaban J connectivity index is 1.63. The average molecular weight is 392 g/mol. The molecule has 3 rings (SSSR count). The van der Waals surface area contributed by atoms with Gasteiger partial charge < -0.3 is 10.4 Å². The lowest BCUT2D eigenvalue weighted by atomic mass is 9.94. The fourth-order valence-electron chi connectivity index (χ4n) is 2.61. The lowest BCUT2D eigenvalue weighted by Gasteiger charge is -2.27. The van der Waals surface area contributed by atoms with Gasteiger partial charge in [0.1, 0.15) is 5.60 Å². The third-order valence-electron chi connectivity index (χ3n) is 4.00. The van der Waals surface area contributed by atoms with E-state index in [-0.39, 0.29) is 12.5 Å². The van der Waals surface area contributed by atoms with Crippen LogP contribution in [0, 0.1) is 0 Å². The van der Waals surface area contributed by atoms with Gasteiger partial charge >= 0.3 is 0 Å². The van der Waals surface area contributed by atoms with E-state index in [0.717, 1.165) is 16.0 Å². The number of aryl methyl sites for hydroxylation is 1. The number of nitrogens with one attached hydrogen (secondary N) is 1. The number of thiophene rings is 2. The van der Waals surface area contributed by atoms with Crippen molar-refractivity contribution in [3.63, 3.8) is 0 Å². The van der Waals surface area contributed by atoms with E-state index in [0.29, 0.717) is 17.9 Å². The molecule has 1 amide bonds. The standard InChI is InChI=1S/C19H18ClNO2S2/c20-16-4-1-3-14(11-16)6-7-18(22)21-13-19(23,15-8-10-24-12-15)17-5-2-9-25-17/h1-5,8-12,23H,6-7,13H2,(H,21,22)/t19-/m0/s1. The molecular formula is C19H18ClNO2S2. The van der Waals surface area contributed by atoms with Crippen LogP contribution in [-0.4, -0.2) is 17.6 Å². The first kappa shape index (κ1) is 18.1. The van der Waals surface area contributed by atoms with Crippen LogP contribution in [0.15, 0.2) is 58.6 Å². The summed E-state index contributed by atoms with van der Waals surface area (Å²) in [6.07, 6.45) is 0.965. The molecule has 2 aromatic heterocycles. The van der Waals surface area contributed by atoms with Crippen LogP contribution in [0.5, 0.6) is 0 Å². The fourth-order valence-corrected chi connectivity index (χ4v) is 4.39. The zero-order valence-corrected chi connectivity index (χ0v) is 15.8. The van der Waals surface area contributed by atoms with Gasteiger partial charge in [-0.25, -0.2) is 0 Å². The highest BCUT2D eigenvalue weighted by molar-refractivity contribution is 7.10. The Bertz CT molecular complexity index is 782. The summed E-state index contributed by atoms with van der Waals surface area (Å²) in [5.74, 6) is -0.0924. The molecule has 25 heavy (non-hydrogen) atoms. The summed E-state index contributed by atoms with van der Waals surface area (Å²) < 4.78 is 0. The molecule has 2 heterocycles. The van der Waals surface area contributed by atoms with Gasteiger partial charge in [0.15, 0.2) is 0 Å². The maximum Gasteiger partial charge on any atom is 0.220 e. The number of rotatable bonds is 7. The molecule has 1 atom stereocenters. The number of carbonyl (C=O) groups is 1. The Labute approximate surface area is 159 Å². The smallest absolute Gasteiger partial charge is 0.220 e. The summed E-state index contributed by atoms with van der Waals surface area (Å²) in [6.45, 7) is 0.151. The lowest BCUT2D eigenvalue weighted by molar-refractivity contribution is -0.122. The second-order valence-corrected chi connectivity index (χ2v) is 7.92. The number of halogens is 1. The van der Waals surface area contributed by atoms with Crippen molar-refractivity contribution in [1.82, 2.24) is 5.32 Å². The fraction of sp³-hybridized carbons (Fsp3) is 0.211. The van der Waals surface area contributed by atoms with Gasteiger partial charge in [-0.15, -0.1) is 11.3 Å². The van der Waals surface area contributed by atoms with Crippen LogP contribution in [0.4, 0.5) is 0 Å². The number of carbonyl (C=O) groups excluding carboxylic acids is 1. The van der Waals surface area contributed by atoms with Gasteiger partial charge in [-0.05, 0) is 52.4 Å². The summed E-state index contributed by atoms with van der Waals surface area (Å²) in [5, 5.41) is 20.5. The molecule has 0 saturated carbocycles. The number of aliphatic hydroxyl groups is 1. The highest BCUT2D eigenvalue weighted by atomic mass is 35.5. The molecule has 0 spiro atoms. The predicted octanol–water partition coefficient (Wildman–Crippen LogP) is 4.45. The second kappa shape index (κ2) is 8.15. The highest BCUT2D eigenvalue weighted by Crippen LogP contribution is 2.33. The van der Waals surface area contributed by atoms with Crippen LogP contribution in [0.2, 0.25) is 5.02 Å². The quantitative estimate of drug-likeness (QED) is 0.625. The van der Waals surface area contributed by atoms with E-state index >= 15 is 0 Å². The number of hydrogen-bond donors (Lipinski definition) is 2. The van der Waals surface area contributed by atoms with E-state index in [2.05, 4.69) is 5.32 Å². The van der Waals surface area contributed by atoms with E-state index < -0.39 is 5.60 Å². The monoisotopic (exact) mass is 391 g/mol. The maximum atomic E-state index is 12.2. The van der Waals surface area contributed by atoms with E-state index in [1.54, 1.807) is 0 Å². The first-order valence-corrected chi connectivity index (χ1v) is 10.1. The molecule has 130 valence electrons. The third kappa shape index (κ3) is 4.50. The van der Waals surface area contributed by atoms with Crippen LogP contribution in [-0.2, 0) is 16.8 Å². The Morgan fingerprint density at radius 3 is 2.76 bits per heavy atom. The Kier molecular flexibility index (Phi) is 5.91. The van der Waals surface area contributed by atoms with Crippen LogP contribution in [0.1, 0.15) is 22.4 Å². The molecule has 1 aromatic carbocycles. The molecule has 3 nitrogen and oxygen atoms in total. The zero-order chi connectivity index (χ0) is 17.7. The van der Waals surface area contributed by atoms with Gasteiger partial charge in [0, 0.05) is 21.9 Å². The molecule has 0 saturated heterocycles. The van der Waals surface area contributed by atoms with Crippen molar-refractivity contribution in [2.24, 2.45) is 0 Å². The Morgan fingerprint density at radius 1 is 1.20 bits per heavy atom. The van der Waals surface area contributed by atoms with Gasteiger partial charge in [-0.2, -0.15) is 11.3 Å². The first-order chi connectivity index (χ1) is 12.1. The van der Waals surface area contributed by atoms with E-state index in [9.17, 15) is 9.90 Å². The Morgan fingerprint density at radius 2 is 2.08 bits per heavy atom. The molecule has 0 radical (unpaired) electrons. The second-order valence-electron chi connectivity index (χ2n) is 5.76. The van der Waals surface area contributed by atoms with E-state index in [1.165, 1.54) is 22.7 Å². The van der Waals surface area contributed by atoms with Crippen molar-refractivity contribution >= 4 is 40.2 Å². The van der Waals surface area contributed by atoms with Crippen LogP contribution < -0.4 is 5.32 Å². The molecule has 2 N–H and O–H groups in total. The van der Waals surface area contributed by atoms with Crippen LogP contribution in [0.25, 0.3) is 0 Å². The number of benzene rings is 1. The third-order valence-corrected chi connectivity index (χ3v) is 5.94. The highest BCUT2D eigenvalue weighted by Gasteiger charge is 2.33. The first-order valence-electron chi connectivity index (χ1n) is 7.88. The van der Waals surface area contributed by atoms with E-state index in [4.69, 9.17) is 11.6 Å². The van der Waals surface area contributed by atoms with Crippen molar-refractivity contribution in [3.8, 4) is 0 Å². The summed E-state index contributed by atoms with van der Waals surface area (Å²) in [7, 11) is 0. The minimum atomic E-state index is -1.19. The summed E-state index contributed by atoms with van der Waals surface area (Å²) >= 11 is 8.97. The molecule has 0 aliphatic carbocycles. The minimum absolute atomic E-state index is 0.0924. The summed E-state index contributed by atoms with van der Waals surface area (Å²) in [4.78, 5) is 13.1. The molecule has 0 bridgehead atoms. The molecule has 0 aliphatic rings. The SMILES string of the molecule is O=C(CCc1cccc(Cl)c1)NC[C@](O)(c1ccsc1)c1cccs1. The lowest BCUT2D eigenvalue weighted by Crippen LogP contribution is -2.41. The molecule has 3 aromatic rings. The molecule has 6 heteroatoms. The van der Waals surface area contributed by atoms with Gasteiger partial charge in [-0.1, -0.05) is 29.8 Å². The number of hydrogen-bond acceptors (Lipinski definition) is 4. The van der Waals surface area contributed by atoms with Crippen molar-refractivity contribution < 1.29 is 9.90 Å².